The number of hydrogen-bond acceptors (Lipinski definition) is 4. The quantitative estimate of drug-likeness (QED) is 0.658. The smallest absolute Gasteiger partial charge is 0.0677 e. The van der Waals surface area contributed by atoms with E-state index in [4.69, 9.17) is 21.4 Å². The number of ether oxygens (including phenoxy) is 1. The molecule has 0 spiro atoms. The van der Waals surface area contributed by atoms with Crippen molar-refractivity contribution in [2.24, 2.45) is 0 Å². The number of hydrogen-bond donors (Lipinski definition) is 1. The summed E-state index contributed by atoms with van der Waals surface area (Å²) in [7, 11) is 3.84. The third-order valence-electron chi connectivity index (χ3n) is 4.46. The maximum atomic E-state index is 6.27. The van der Waals surface area contributed by atoms with Crippen LogP contribution < -0.4 is 5.32 Å². The van der Waals surface area contributed by atoms with Crippen LogP contribution in [-0.2, 0) is 17.8 Å². The van der Waals surface area contributed by atoms with Gasteiger partial charge < -0.3 is 15.0 Å². The van der Waals surface area contributed by atoms with Crippen LogP contribution in [0.3, 0.4) is 0 Å². The van der Waals surface area contributed by atoms with E-state index >= 15 is 0 Å². The molecule has 0 aliphatic heterocycles. The van der Waals surface area contributed by atoms with Gasteiger partial charge in [0.1, 0.15) is 0 Å². The third-order valence-corrected chi connectivity index (χ3v) is 4.83. The lowest BCUT2D eigenvalue weighted by molar-refractivity contribution is 0.161. The second kappa shape index (κ2) is 9.92. The molecule has 0 bridgehead atoms. The number of methoxy groups -OCH3 is 1. The highest BCUT2D eigenvalue weighted by Crippen LogP contribution is 2.19. The SMILES string of the molecule is COCCN(C)CCNCc1c(C)nn(Cc2ccccc2Cl)c1C. The van der Waals surface area contributed by atoms with E-state index in [9.17, 15) is 0 Å². The average molecular weight is 365 g/mol. The largest absolute Gasteiger partial charge is 0.383 e. The van der Waals surface area contributed by atoms with Crippen LogP contribution in [0.25, 0.3) is 0 Å². The second-order valence-electron chi connectivity index (χ2n) is 6.37. The monoisotopic (exact) mass is 364 g/mol. The van der Waals surface area contributed by atoms with Crippen LogP contribution in [-0.4, -0.2) is 55.1 Å². The van der Waals surface area contributed by atoms with Crippen LogP contribution in [0, 0.1) is 13.8 Å². The topological polar surface area (TPSA) is 42.3 Å². The van der Waals surface area contributed by atoms with Crippen molar-refractivity contribution in [3.8, 4) is 0 Å². The summed E-state index contributed by atoms with van der Waals surface area (Å²) < 4.78 is 7.14. The third kappa shape index (κ3) is 5.82. The zero-order valence-corrected chi connectivity index (χ0v) is 16.4. The summed E-state index contributed by atoms with van der Waals surface area (Å²) in [4.78, 5) is 2.26. The van der Waals surface area contributed by atoms with Crippen molar-refractivity contribution in [1.29, 1.82) is 0 Å². The van der Waals surface area contributed by atoms with Gasteiger partial charge in [0, 0.05) is 49.6 Å². The Morgan fingerprint density at radius 1 is 1.24 bits per heavy atom. The van der Waals surface area contributed by atoms with E-state index < -0.39 is 0 Å². The fourth-order valence-electron chi connectivity index (χ4n) is 2.77. The molecule has 0 unspecified atom stereocenters. The highest BCUT2D eigenvalue weighted by atomic mass is 35.5. The summed E-state index contributed by atoms with van der Waals surface area (Å²) in [6, 6.07) is 7.93. The summed E-state index contributed by atoms with van der Waals surface area (Å²) in [5, 5.41) is 9.00. The van der Waals surface area contributed by atoms with Gasteiger partial charge in [-0.2, -0.15) is 5.10 Å². The highest BCUT2D eigenvalue weighted by molar-refractivity contribution is 6.31. The number of halogens is 1. The van der Waals surface area contributed by atoms with Crippen molar-refractivity contribution in [1.82, 2.24) is 20.0 Å². The fraction of sp³-hybridized carbons (Fsp3) is 0.526. The summed E-state index contributed by atoms with van der Waals surface area (Å²) in [6.45, 7) is 9.38. The van der Waals surface area contributed by atoms with Crippen molar-refractivity contribution in [3.63, 3.8) is 0 Å². The first-order valence-electron chi connectivity index (χ1n) is 8.67. The molecule has 25 heavy (non-hydrogen) atoms. The lowest BCUT2D eigenvalue weighted by atomic mass is 10.2. The highest BCUT2D eigenvalue weighted by Gasteiger charge is 2.12. The molecule has 0 radical (unpaired) electrons. The van der Waals surface area contributed by atoms with Crippen molar-refractivity contribution in [2.45, 2.75) is 26.9 Å². The first-order chi connectivity index (χ1) is 12.0. The van der Waals surface area contributed by atoms with Crippen LogP contribution >= 0.6 is 11.6 Å². The average Bonchev–Trinajstić information content (AvgIpc) is 2.86. The number of benzene rings is 1. The molecule has 0 aliphatic carbocycles. The Hall–Kier alpha value is -1.40. The van der Waals surface area contributed by atoms with E-state index in [2.05, 4.69) is 31.1 Å². The molecule has 1 N–H and O–H groups in total. The van der Waals surface area contributed by atoms with E-state index in [1.807, 2.05) is 28.9 Å². The molecule has 5 nitrogen and oxygen atoms in total. The van der Waals surface area contributed by atoms with E-state index in [-0.39, 0.29) is 0 Å². The van der Waals surface area contributed by atoms with Gasteiger partial charge in [0.25, 0.3) is 0 Å². The summed E-state index contributed by atoms with van der Waals surface area (Å²) in [5.41, 5.74) is 4.63. The van der Waals surface area contributed by atoms with Crippen LogP contribution in [0.1, 0.15) is 22.5 Å². The first kappa shape index (κ1) is 19.9. The molecular weight excluding hydrogens is 336 g/mol. The van der Waals surface area contributed by atoms with Crippen molar-refractivity contribution < 1.29 is 4.74 Å². The van der Waals surface area contributed by atoms with E-state index in [1.165, 1.54) is 11.3 Å². The van der Waals surface area contributed by atoms with E-state index in [1.54, 1.807) is 7.11 Å². The molecule has 6 heteroatoms. The molecule has 138 valence electrons. The van der Waals surface area contributed by atoms with Gasteiger partial charge >= 0.3 is 0 Å². The fourth-order valence-corrected chi connectivity index (χ4v) is 2.97. The lowest BCUT2D eigenvalue weighted by Crippen LogP contribution is -2.31. The molecule has 0 aliphatic rings. The number of nitrogens with one attached hydrogen (secondary N) is 1. The first-order valence-corrected chi connectivity index (χ1v) is 9.05. The molecule has 2 rings (SSSR count). The lowest BCUT2D eigenvalue weighted by Gasteiger charge is -2.16. The molecule has 1 aromatic carbocycles. The van der Waals surface area contributed by atoms with Crippen molar-refractivity contribution in [2.75, 3.05) is 40.4 Å². The van der Waals surface area contributed by atoms with Gasteiger partial charge in [-0.15, -0.1) is 0 Å². The molecule has 0 amide bonds. The maximum Gasteiger partial charge on any atom is 0.0677 e. The Bertz CT molecular complexity index is 671. The molecule has 2 aromatic rings. The minimum atomic E-state index is 0.700. The molecule has 0 saturated heterocycles. The Kier molecular flexibility index (Phi) is 7.90. The van der Waals surface area contributed by atoms with Gasteiger partial charge in [-0.25, -0.2) is 0 Å². The minimum Gasteiger partial charge on any atom is -0.383 e. The van der Waals surface area contributed by atoms with Crippen LogP contribution in [0.15, 0.2) is 24.3 Å². The molecule has 0 atom stereocenters. The van der Waals surface area contributed by atoms with Gasteiger partial charge in [-0.1, -0.05) is 29.8 Å². The van der Waals surface area contributed by atoms with Crippen LogP contribution in [0.4, 0.5) is 0 Å². The summed E-state index contributed by atoms with van der Waals surface area (Å²) in [6.07, 6.45) is 0. The molecule has 1 aromatic heterocycles. The van der Waals surface area contributed by atoms with Gasteiger partial charge in [0.2, 0.25) is 0 Å². The standard InChI is InChI=1S/C19H29ClN4O/c1-15-18(13-21-9-10-23(3)11-12-25-4)16(2)24(22-15)14-17-7-5-6-8-19(17)20/h5-8,21H,9-14H2,1-4H3. The van der Waals surface area contributed by atoms with Gasteiger partial charge in [-0.05, 0) is 32.5 Å². The predicted octanol–water partition coefficient (Wildman–Crippen LogP) is 2.87. The zero-order chi connectivity index (χ0) is 18.2. The van der Waals surface area contributed by atoms with E-state index in [0.717, 1.165) is 49.1 Å². The van der Waals surface area contributed by atoms with Crippen LogP contribution in [0.2, 0.25) is 5.02 Å². The van der Waals surface area contributed by atoms with E-state index in [0.29, 0.717) is 6.54 Å². The van der Waals surface area contributed by atoms with Crippen LogP contribution in [0.5, 0.6) is 0 Å². The predicted molar refractivity (Wildman–Crippen MR) is 103 cm³/mol. The molecule has 1 heterocycles. The Balaban J connectivity index is 1.90. The number of aromatic nitrogens is 2. The maximum absolute atomic E-state index is 6.27. The normalized spacial score (nSPS) is 11.4. The Morgan fingerprint density at radius 2 is 2.00 bits per heavy atom. The van der Waals surface area contributed by atoms with Crippen molar-refractivity contribution in [3.05, 3.63) is 51.8 Å². The molecule has 0 fully saturated rings. The minimum absolute atomic E-state index is 0.700. The summed E-state index contributed by atoms with van der Waals surface area (Å²) >= 11 is 6.27. The van der Waals surface area contributed by atoms with Crippen molar-refractivity contribution >= 4 is 11.6 Å². The number of likely N-dealkylation sites (N-methyl/N-ethyl adjacent to an activating group) is 1. The second-order valence-corrected chi connectivity index (χ2v) is 6.78. The Labute approximate surface area is 155 Å². The summed E-state index contributed by atoms with van der Waals surface area (Å²) in [5.74, 6) is 0. The van der Waals surface area contributed by atoms with Gasteiger partial charge in [0.05, 0.1) is 18.8 Å². The molecular formula is C19H29ClN4O. The number of rotatable bonds is 10. The number of nitrogens with zero attached hydrogens (tertiary/aromatic N) is 3. The Morgan fingerprint density at radius 3 is 2.72 bits per heavy atom. The zero-order valence-electron chi connectivity index (χ0n) is 15.7. The number of aryl methyl sites for hydroxylation is 1. The van der Waals surface area contributed by atoms with Gasteiger partial charge in [-0.3, -0.25) is 4.68 Å². The molecule has 0 saturated carbocycles. The van der Waals surface area contributed by atoms with Gasteiger partial charge in [0.15, 0.2) is 0 Å².